The number of carbonyl (C=O) groups excluding carboxylic acids is 1. The van der Waals surface area contributed by atoms with Crippen molar-refractivity contribution in [3.05, 3.63) is 35.9 Å². The second-order valence-corrected chi connectivity index (χ2v) is 5.25. The molecule has 0 radical (unpaired) electrons. The molecule has 0 spiro atoms. The van der Waals surface area contributed by atoms with E-state index in [2.05, 4.69) is 24.1 Å². The summed E-state index contributed by atoms with van der Waals surface area (Å²) in [6.45, 7) is 6.08. The zero-order valence-electron chi connectivity index (χ0n) is 13.4. The number of nitrogens with zero attached hydrogens (tertiary/aromatic N) is 1. The summed E-state index contributed by atoms with van der Waals surface area (Å²) in [6.07, 6.45) is 0. The second-order valence-electron chi connectivity index (χ2n) is 5.25. The van der Waals surface area contributed by atoms with Crippen LogP contribution < -0.4 is 11.1 Å². The Labute approximate surface area is 127 Å². The van der Waals surface area contributed by atoms with Gasteiger partial charge < -0.3 is 15.8 Å². The number of nitrogens with one attached hydrogen (secondary N) is 1. The molecule has 1 aromatic rings. The molecule has 0 bridgehead atoms. The van der Waals surface area contributed by atoms with Crippen molar-refractivity contribution in [2.75, 3.05) is 33.9 Å². The Kier molecular flexibility index (Phi) is 6.81. The number of carbonyl (C=O) groups is 1. The Morgan fingerprint density at radius 2 is 2.05 bits per heavy atom. The van der Waals surface area contributed by atoms with Gasteiger partial charge >= 0.3 is 0 Å². The van der Waals surface area contributed by atoms with E-state index in [-0.39, 0.29) is 11.9 Å². The molecule has 3 N–H and O–H groups in total. The minimum atomic E-state index is -0.904. The van der Waals surface area contributed by atoms with Crippen LogP contribution >= 0.6 is 0 Å². The third-order valence-corrected chi connectivity index (χ3v) is 3.99. The third-order valence-electron chi connectivity index (χ3n) is 3.99. The first-order valence-electron chi connectivity index (χ1n) is 7.29. The summed E-state index contributed by atoms with van der Waals surface area (Å²) in [4.78, 5) is 14.4. The summed E-state index contributed by atoms with van der Waals surface area (Å²) in [5.41, 5.74) is 5.71. The van der Waals surface area contributed by atoms with Crippen molar-refractivity contribution in [3.8, 4) is 0 Å². The van der Waals surface area contributed by atoms with Gasteiger partial charge in [0, 0.05) is 19.7 Å². The maximum absolute atomic E-state index is 12.2. The van der Waals surface area contributed by atoms with Gasteiger partial charge in [-0.15, -0.1) is 0 Å². The Bertz CT molecular complexity index is 438. The Balaban J connectivity index is 3.11. The predicted molar refractivity (Wildman–Crippen MR) is 85.0 cm³/mol. The molecule has 0 aliphatic carbocycles. The van der Waals surface area contributed by atoms with E-state index >= 15 is 0 Å². The molecule has 0 aliphatic heterocycles. The number of methoxy groups -OCH3 is 1. The second kappa shape index (κ2) is 8.12. The molecule has 1 rings (SSSR count). The lowest BCUT2D eigenvalue weighted by Crippen LogP contribution is -2.59. The molecule has 0 saturated heterocycles. The molecule has 1 aromatic carbocycles. The van der Waals surface area contributed by atoms with Crippen LogP contribution in [-0.4, -0.2) is 50.7 Å². The van der Waals surface area contributed by atoms with Gasteiger partial charge in [0.2, 0.25) is 5.91 Å². The van der Waals surface area contributed by atoms with Crippen LogP contribution in [-0.2, 0) is 15.1 Å². The molecule has 21 heavy (non-hydrogen) atoms. The highest BCUT2D eigenvalue weighted by atomic mass is 16.5. The van der Waals surface area contributed by atoms with Crippen molar-refractivity contribution in [3.63, 3.8) is 0 Å². The highest BCUT2D eigenvalue weighted by Crippen LogP contribution is 2.23. The van der Waals surface area contributed by atoms with Gasteiger partial charge in [-0.25, -0.2) is 0 Å². The average Bonchev–Trinajstić information content (AvgIpc) is 2.49. The fourth-order valence-corrected chi connectivity index (χ4v) is 2.61. The molecule has 0 aromatic heterocycles. The van der Waals surface area contributed by atoms with Crippen LogP contribution in [0.15, 0.2) is 30.3 Å². The maximum Gasteiger partial charge on any atom is 0.243 e. The minimum absolute atomic E-state index is 0.204. The molecule has 2 unspecified atom stereocenters. The zero-order valence-corrected chi connectivity index (χ0v) is 13.4. The number of hydrogen-bond donors (Lipinski definition) is 2. The van der Waals surface area contributed by atoms with Gasteiger partial charge in [0.15, 0.2) is 0 Å². The number of rotatable bonds is 9. The number of benzene rings is 1. The first kappa shape index (κ1) is 17.6. The average molecular weight is 293 g/mol. The van der Waals surface area contributed by atoms with Gasteiger partial charge in [-0.3, -0.25) is 9.69 Å². The van der Waals surface area contributed by atoms with E-state index in [9.17, 15) is 4.79 Å². The standard InChI is InChI=1S/C16H27N3O2/c1-5-19(13(2)11-21-4)12-16(18-3,15(17)20)14-9-7-6-8-10-14/h6-10,13,18H,5,11-12H2,1-4H3,(H2,17,20). The molecule has 0 heterocycles. The first-order valence-corrected chi connectivity index (χ1v) is 7.29. The fraction of sp³-hybridized carbons (Fsp3) is 0.562. The van der Waals surface area contributed by atoms with Gasteiger partial charge in [-0.2, -0.15) is 0 Å². The molecular formula is C16H27N3O2. The number of nitrogens with two attached hydrogens (primary N) is 1. The maximum atomic E-state index is 12.2. The van der Waals surface area contributed by atoms with Crippen molar-refractivity contribution in [1.29, 1.82) is 0 Å². The summed E-state index contributed by atoms with van der Waals surface area (Å²) in [6, 6.07) is 9.82. The lowest BCUT2D eigenvalue weighted by Gasteiger charge is -2.38. The summed E-state index contributed by atoms with van der Waals surface area (Å²) < 4.78 is 5.22. The number of primary amides is 1. The number of ether oxygens (including phenoxy) is 1. The highest BCUT2D eigenvalue weighted by molar-refractivity contribution is 5.86. The van der Waals surface area contributed by atoms with Crippen LogP contribution in [0.25, 0.3) is 0 Å². The van der Waals surface area contributed by atoms with Crippen LogP contribution in [0, 0.1) is 0 Å². The van der Waals surface area contributed by atoms with E-state index in [4.69, 9.17) is 10.5 Å². The van der Waals surface area contributed by atoms with Crippen molar-refractivity contribution in [2.24, 2.45) is 5.73 Å². The highest BCUT2D eigenvalue weighted by Gasteiger charge is 2.39. The topological polar surface area (TPSA) is 67.6 Å². The van der Waals surface area contributed by atoms with E-state index in [1.807, 2.05) is 30.3 Å². The number of hydrogen-bond acceptors (Lipinski definition) is 4. The smallest absolute Gasteiger partial charge is 0.243 e. The molecule has 118 valence electrons. The Morgan fingerprint density at radius 1 is 1.43 bits per heavy atom. The van der Waals surface area contributed by atoms with E-state index in [0.717, 1.165) is 12.1 Å². The summed E-state index contributed by atoms with van der Waals surface area (Å²) in [5.74, 6) is -0.376. The van der Waals surface area contributed by atoms with Crippen molar-refractivity contribution in [2.45, 2.75) is 25.4 Å². The monoisotopic (exact) mass is 293 g/mol. The van der Waals surface area contributed by atoms with Crippen LogP contribution in [0.5, 0.6) is 0 Å². The summed E-state index contributed by atoms with van der Waals surface area (Å²) in [5, 5.41) is 3.14. The Hall–Kier alpha value is -1.43. The molecule has 0 saturated carbocycles. The molecule has 0 aliphatic rings. The van der Waals surface area contributed by atoms with Crippen molar-refractivity contribution in [1.82, 2.24) is 10.2 Å². The van der Waals surface area contributed by atoms with Crippen LogP contribution in [0.2, 0.25) is 0 Å². The summed E-state index contributed by atoms with van der Waals surface area (Å²) >= 11 is 0. The molecule has 2 atom stereocenters. The molecule has 5 nitrogen and oxygen atoms in total. The molecule has 0 fully saturated rings. The van der Waals surface area contributed by atoms with E-state index in [1.54, 1.807) is 14.2 Å². The first-order chi connectivity index (χ1) is 10.0. The predicted octanol–water partition coefficient (Wildman–Crippen LogP) is 0.943. The van der Waals surface area contributed by atoms with Gasteiger partial charge in [0.1, 0.15) is 5.54 Å². The van der Waals surface area contributed by atoms with Gasteiger partial charge in [-0.1, -0.05) is 37.3 Å². The lowest BCUT2D eigenvalue weighted by atomic mass is 9.88. The quantitative estimate of drug-likeness (QED) is 0.711. The fourth-order valence-electron chi connectivity index (χ4n) is 2.61. The third kappa shape index (κ3) is 4.03. The van der Waals surface area contributed by atoms with Gasteiger partial charge in [0.25, 0.3) is 0 Å². The van der Waals surface area contributed by atoms with E-state index in [0.29, 0.717) is 13.2 Å². The largest absolute Gasteiger partial charge is 0.383 e. The zero-order chi connectivity index (χ0) is 15.9. The van der Waals surface area contributed by atoms with E-state index in [1.165, 1.54) is 0 Å². The molecule has 5 heteroatoms. The van der Waals surface area contributed by atoms with Crippen LogP contribution in [0.1, 0.15) is 19.4 Å². The molecule has 1 amide bonds. The van der Waals surface area contributed by atoms with E-state index < -0.39 is 5.54 Å². The number of likely N-dealkylation sites (N-methyl/N-ethyl adjacent to an activating group) is 2. The Morgan fingerprint density at radius 3 is 2.48 bits per heavy atom. The van der Waals surface area contributed by atoms with Crippen molar-refractivity contribution < 1.29 is 9.53 Å². The van der Waals surface area contributed by atoms with Gasteiger partial charge in [0.05, 0.1) is 6.61 Å². The van der Waals surface area contributed by atoms with Crippen molar-refractivity contribution >= 4 is 5.91 Å². The normalized spacial score (nSPS) is 15.7. The lowest BCUT2D eigenvalue weighted by molar-refractivity contribution is -0.125. The minimum Gasteiger partial charge on any atom is -0.383 e. The van der Waals surface area contributed by atoms with Crippen LogP contribution in [0.4, 0.5) is 0 Å². The molecular weight excluding hydrogens is 266 g/mol. The summed E-state index contributed by atoms with van der Waals surface area (Å²) in [7, 11) is 3.45. The SMILES string of the molecule is CCN(CC(NC)(C(N)=O)c1ccccc1)C(C)COC. The van der Waals surface area contributed by atoms with Gasteiger partial charge in [-0.05, 0) is 26.1 Å². The van der Waals surface area contributed by atoms with Crippen LogP contribution in [0.3, 0.4) is 0 Å². The number of amides is 1.